The highest BCUT2D eigenvalue weighted by Gasteiger charge is 2.60. The second kappa shape index (κ2) is 6.98. The number of allylic oxidation sites excluding steroid dienone is 1. The van der Waals surface area contributed by atoms with Crippen molar-refractivity contribution in [3.63, 3.8) is 0 Å². The summed E-state index contributed by atoms with van der Waals surface area (Å²) in [5, 5.41) is 13.8. The molecule has 160 valence electrons. The lowest BCUT2D eigenvalue weighted by molar-refractivity contribution is -0.122. The van der Waals surface area contributed by atoms with Crippen LogP contribution in [0.15, 0.2) is 59.1 Å². The monoisotopic (exact) mass is 444 g/mol. The maximum atomic E-state index is 13.6. The molecule has 0 saturated carbocycles. The third-order valence-electron chi connectivity index (χ3n) is 6.66. The minimum Gasteiger partial charge on any atom is -0.384 e. The van der Waals surface area contributed by atoms with Crippen LogP contribution in [0.3, 0.4) is 0 Å². The number of rotatable bonds is 1. The number of ketones is 1. The third-order valence-corrected chi connectivity index (χ3v) is 7.07. The largest absolute Gasteiger partial charge is 0.384 e. The second-order valence-corrected chi connectivity index (χ2v) is 8.85. The minimum atomic E-state index is -1.55. The highest BCUT2D eigenvalue weighted by molar-refractivity contribution is 6.31. The second-order valence-electron chi connectivity index (χ2n) is 8.44. The van der Waals surface area contributed by atoms with Crippen LogP contribution in [0, 0.1) is 25.2 Å². The summed E-state index contributed by atoms with van der Waals surface area (Å²) in [5.41, 5.74) is 9.79. The molecule has 0 unspecified atom stereocenters. The van der Waals surface area contributed by atoms with Gasteiger partial charge in [0, 0.05) is 34.0 Å². The van der Waals surface area contributed by atoms with E-state index in [-0.39, 0.29) is 17.2 Å². The van der Waals surface area contributed by atoms with Crippen LogP contribution in [0.2, 0.25) is 5.02 Å². The van der Waals surface area contributed by atoms with Gasteiger partial charge < -0.3 is 11.1 Å². The topological polar surface area (TPSA) is 99.2 Å². The van der Waals surface area contributed by atoms with Gasteiger partial charge in [-0.2, -0.15) is 5.26 Å². The first-order valence-corrected chi connectivity index (χ1v) is 10.8. The number of hydrogen-bond acceptors (Lipinski definition) is 5. The van der Waals surface area contributed by atoms with Crippen molar-refractivity contribution in [3.8, 4) is 6.07 Å². The molecule has 32 heavy (non-hydrogen) atoms. The number of nitrogens with one attached hydrogen (secondary N) is 1. The molecule has 3 N–H and O–H groups in total. The molecule has 1 aliphatic carbocycles. The van der Waals surface area contributed by atoms with Crippen LogP contribution in [-0.2, 0) is 15.0 Å². The van der Waals surface area contributed by atoms with Gasteiger partial charge in [0.05, 0.1) is 11.3 Å². The van der Waals surface area contributed by atoms with Crippen LogP contribution < -0.4 is 16.0 Å². The number of nitrogens with two attached hydrogens (primary N) is 1. The molecule has 2 aromatic carbocycles. The maximum absolute atomic E-state index is 13.6. The Hall–Kier alpha value is -3.56. The predicted molar refractivity (Wildman–Crippen MR) is 123 cm³/mol. The number of anilines is 2. The molecule has 2 heterocycles. The molecule has 1 spiro atoms. The van der Waals surface area contributed by atoms with Gasteiger partial charge in [-0.3, -0.25) is 14.5 Å². The Labute approximate surface area is 191 Å². The normalized spacial score (nSPS) is 22.1. The lowest BCUT2D eigenvalue weighted by Gasteiger charge is -2.44. The molecule has 1 atom stereocenters. The molecule has 0 fully saturated rings. The zero-order valence-electron chi connectivity index (χ0n) is 17.8. The smallest absolute Gasteiger partial charge is 0.245 e. The fourth-order valence-corrected chi connectivity index (χ4v) is 5.39. The van der Waals surface area contributed by atoms with Crippen LogP contribution >= 0.6 is 11.6 Å². The molecule has 7 heteroatoms. The Morgan fingerprint density at radius 1 is 1.19 bits per heavy atom. The summed E-state index contributed by atoms with van der Waals surface area (Å²) in [5.74, 6) is -0.403. The lowest BCUT2D eigenvalue weighted by atomic mass is 9.63. The number of Topliss-reactive ketones (excluding diaryl/α,β-unsaturated/α-hetero) is 1. The molecular formula is C25H21ClN4O2. The van der Waals surface area contributed by atoms with E-state index in [1.807, 2.05) is 38.1 Å². The van der Waals surface area contributed by atoms with E-state index >= 15 is 0 Å². The van der Waals surface area contributed by atoms with E-state index in [1.165, 1.54) is 0 Å². The number of halogens is 1. The van der Waals surface area contributed by atoms with E-state index in [9.17, 15) is 14.9 Å². The molecule has 2 aliphatic heterocycles. The number of carbonyl (C=O) groups is 2. The van der Waals surface area contributed by atoms with E-state index in [0.29, 0.717) is 52.5 Å². The maximum Gasteiger partial charge on any atom is 0.245 e. The molecule has 5 rings (SSSR count). The number of fused-ring (bicyclic) bond motifs is 3. The molecule has 2 aromatic rings. The summed E-state index contributed by atoms with van der Waals surface area (Å²) >= 11 is 6.39. The quantitative estimate of drug-likeness (QED) is 0.680. The Morgan fingerprint density at radius 2 is 1.97 bits per heavy atom. The number of benzene rings is 2. The molecule has 0 saturated heterocycles. The highest BCUT2D eigenvalue weighted by Crippen LogP contribution is 2.55. The molecule has 0 radical (unpaired) electrons. The highest BCUT2D eigenvalue weighted by atomic mass is 35.5. The van der Waals surface area contributed by atoms with E-state index in [1.54, 1.807) is 17.0 Å². The van der Waals surface area contributed by atoms with Crippen molar-refractivity contribution in [3.05, 3.63) is 80.8 Å². The third kappa shape index (κ3) is 2.46. The lowest BCUT2D eigenvalue weighted by Crippen LogP contribution is -2.50. The summed E-state index contributed by atoms with van der Waals surface area (Å²) in [6.07, 6.45) is 1.51. The first kappa shape index (κ1) is 20.3. The van der Waals surface area contributed by atoms with Gasteiger partial charge >= 0.3 is 0 Å². The van der Waals surface area contributed by atoms with Gasteiger partial charge in [0.25, 0.3) is 0 Å². The van der Waals surface area contributed by atoms with Crippen molar-refractivity contribution in [1.82, 2.24) is 0 Å². The molecule has 3 aliphatic rings. The number of carbonyl (C=O) groups excluding carboxylic acids is 2. The summed E-state index contributed by atoms with van der Waals surface area (Å²) in [4.78, 5) is 28.8. The Bertz CT molecular complexity index is 1330. The minimum absolute atomic E-state index is 0.0627. The molecule has 0 aromatic heterocycles. The summed E-state index contributed by atoms with van der Waals surface area (Å²) < 4.78 is 0. The van der Waals surface area contributed by atoms with Crippen LogP contribution in [0.25, 0.3) is 0 Å². The van der Waals surface area contributed by atoms with Crippen molar-refractivity contribution in [1.29, 1.82) is 5.26 Å². The Morgan fingerprint density at radius 3 is 2.72 bits per heavy atom. The van der Waals surface area contributed by atoms with Crippen molar-refractivity contribution in [2.75, 3.05) is 10.2 Å². The van der Waals surface area contributed by atoms with E-state index < -0.39 is 11.3 Å². The zero-order chi connectivity index (χ0) is 22.8. The number of amides is 1. The standard InChI is InChI=1S/C25H21ClN4O2/c1-13-9-10-18-15(11-13)25(24(32)29-18)16(12-27)23(28)30(19-6-3-5-17(26)14(19)2)20-7-4-8-21(31)22(20)25/h3,5-6,9-11H,4,7-8,28H2,1-2H3,(H,29,32)/t25-/m0/s1. The van der Waals surface area contributed by atoms with Crippen LogP contribution in [-0.4, -0.2) is 11.7 Å². The average Bonchev–Trinajstić information content (AvgIpc) is 3.03. The first-order valence-electron chi connectivity index (χ1n) is 10.5. The molecule has 6 nitrogen and oxygen atoms in total. The van der Waals surface area contributed by atoms with Crippen LogP contribution in [0.1, 0.15) is 36.0 Å². The number of nitrogens with zero attached hydrogens (tertiary/aromatic N) is 2. The Kier molecular flexibility index (Phi) is 4.44. The van der Waals surface area contributed by atoms with Crippen molar-refractivity contribution in [2.45, 2.75) is 38.5 Å². The number of hydrogen-bond donors (Lipinski definition) is 2. The fraction of sp³-hybridized carbons (Fsp3) is 0.240. The van der Waals surface area contributed by atoms with Crippen molar-refractivity contribution < 1.29 is 9.59 Å². The van der Waals surface area contributed by atoms with E-state index in [4.69, 9.17) is 17.3 Å². The summed E-state index contributed by atoms with van der Waals surface area (Å²) in [6, 6.07) is 13.2. The summed E-state index contributed by atoms with van der Waals surface area (Å²) in [7, 11) is 0. The van der Waals surface area contributed by atoms with Gasteiger partial charge in [-0.05, 0) is 50.5 Å². The zero-order valence-corrected chi connectivity index (χ0v) is 18.5. The van der Waals surface area contributed by atoms with Gasteiger partial charge in [-0.15, -0.1) is 0 Å². The number of aryl methyl sites for hydroxylation is 1. The molecule has 0 bridgehead atoms. The van der Waals surface area contributed by atoms with Gasteiger partial charge in [0.15, 0.2) is 5.78 Å². The predicted octanol–water partition coefficient (Wildman–Crippen LogP) is 4.37. The SMILES string of the molecule is Cc1ccc2c(c1)[C@]1(C(=O)N2)C(C#N)=C(N)N(c2cccc(Cl)c2C)C2=C1C(=O)CCC2. The van der Waals surface area contributed by atoms with Gasteiger partial charge in [0.1, 0.15) is 17.3 Å². The van der Waals surface area contributed by atoms with Crippen molar-refractivity contribution >= 4 is 34.7 Å². The average molecular weight is 445 g/mol. The van der Waals surface area contributed by atoms with Gasteiger partial charge in [-0.1, -0.05) is 35.4 Å². The Balaban J connectivity index is 1.91. The van der Waals surface area contributed by atoms with E-state index in [0.717, 1.165) is 11.1 Å². The van der Waals surface area contributed by atoms with Crippen LogP contribution in [0.5, 0.6) is 0 Å². The van der Waals surface area contributed by atoms with Crippen LogP contribution in [0.4, 0.5) is 11.4 Å². The fourth-order valence-electron chi connectivity index (χ4n) is 5.22. The first-order chi connectivity index (χ1) is 15.3. The summed E-state index contributed by atoms with van der Waals surface area (Å²) in [6.45, 7) is 3.78. The van der Waals surface area contributed by atoms with Gasteiger partial charge in [0.2, 0.25) is 5.91 Å². The van der Waals surface area contributed by atoms with Gasteiger partial charge in [-0.25, -0.2) is 0 Å². The van der Waals surface area contributed by atoms with E-state index in [2.05, 4.69) is 11.4 Å². The molecule has 1 amide bonds. The van der Waals surface area contributed by atoms with Crippen molar-refractivity contribution in [2.24, 2.45) is 5.73 Å². The number of nitriles is 1. The molecular weight excluding hydrogens is 424 g/mol.